The number of aliphatic imine (C=N–C) groups is 1. The highest BCUT2D eigenvalue weighted by molar-refractivity contribution is 5.99. The van der Waals surface area contributed by atoms with Gasteiger partial charge in [0, 0.05) is 17.7 Å². The number of benzene rings is 2. The number of nitrogens with two attached hydrogens (primary N) is 1. The number of amides is 1. The van der Waals surface area contributed by atoms with Crippen molar-refractivity contribution in [3.63, 3.8) is 0 Å². The lowest BCUT2D eigenvalue weighted by Gasteiger charge is -2.40. The fraction of sp³-hybridized carbons (Fsp3) is 0.407. The van der Waals surface area contributed by atoms with Crippen LogP contribution in [0, 0.1) is 0 Å². The quantitative estimate of drug-likeness (QED) is 0.649. The molecular formula is C27H32N4O3. The van der Waals surface area contributed by atoms with E-state index >= 15 is 0 Å². The minimum atomic E-state index is -0.687. The van der Waals surface area contributed by atoms with Crippen LogP contribution in [-0.2, 0) is 11.2 Å². The molecule has 5 rings (SSSR count). The molecule has 0 fully saturated rings. The highest BCUT2D eigenvalue weighted by Crippen LogP contribution is 2.48. The van der Waals surface area contributed by atoms with Crippen LogP contribution < -0.4 is 15.8 Å². The van der Waals surface area contributed by atoms with Crippen LogP contribution in [0.1, 0.15) is 68.5 Å². The van der Waals surface area contributed by atoms with Gasteiger partial charge in [-0.2, -0.15) is 0 Å². The van der Waals surface area contributed by atoms with Gasteiger partial charge >= 0.3 is 0 Å². The summed E-state index contributed by atoms with van der Waals surface area (Å²) in [5.74, 6) is 0.854. The van der Waals surface area contributed by atoms with E-state index < -0.39 is 23.3 Å². The number of guanidine groups is 1. The SMILES string of the molecule is C=C(NC1c2ccccc2CC1O)c1ccc2c(c1)C(N1C(=O)CC(C)(C)N=C1N)C(C)(C)O2. The van der Waals surface area contributed by atoms with Gasteiger partial charge in [-0.05, 0) is 62.6 Å². The van der Waals surface area contributed by atoms with E-state index in [2.05, 4.69) is 16.9 Å². The van der Waals surface area contributed by atoms with Crippen molar-refractivity contribution >= 4 is 17.6 Å². The molecule has 178 valence electrons. The largest absolute Gasteiger partial charge is 0.485 e. The van der Waals surface area contributed by atoms with E-state index in [1.165, 1.54) is 0 Å². The van der Waals surface area contributed by atoms with Crippen LogP contribution in [0.3, 0.4) is 0 Å². The van der Waals surface area contributed by atoms with E-state index in [1.807, 2.05) is 70.2 Å². The summed E-state index contributed by atoms with van der Waals surface area (Å²) in [5, 5.41) is 14.1. The fourth-order valence-corrected chi connectivity index (χ4v) is 5.49. The molecule has 1 aliphatic carbocycles. The van der Waals surface area contributed by atoms with Gasteiger partial charge in [0.1, 0.15) is 17.4 Å². The van der Waals surface area contributed by atoms with Gasteiger partial charge in [0.2, 0.25) is 5.91 Å². The maximum Gasteiger partial charge on any atom is 0.232 e. The van der Waals surface area contributed by atoms with Crippen LogP contribution in [-0.4, -0.2) is 39.1 Å². The number of ether oxygens (including phenoxy) is 1. The molecule has 4 N–H and O–H groups in total. The predicted molar refractivity (Wildman–Crippen MR) is 132 cm³/mol. The molecule has 0 aromatic heterocycles. The molecule has 34 heavy (non-hydrogen) atoms. The van der Waals surface area contributed by atoms with E-state index in [1.54, 1.807) is 4.90 Å². The van der Waals surface area contributed by atoms with Crippen LogP contribution in [0.15, 0.2) is 54.0 Å². The Bertz CT molecular complexity index is 1220. The predicted octanol–water partition coefficient (Wildman–Crippen LogP) is 3.44. The Morgan fingerprint density at radius 2 is 1.94 bits per heavy atom. The zero-order chi connectivity index (χ0) is 24.4. The summed E-state index contributed by atoms with van der Waals surface area (Å²) in [6.07, 6.45) is 0.369. The lowest BCUT2D eigenvalue weighted by Crippen LogP contribution is -2.55. The smallest absolute Gasteiger partial charge is 0.232 e. The first kappa shape index (κ1) is 22.5. The first-order valence-electron chi connectivity index (χ1n) is 11.7. The Kier molecular flexibility index (Phi) is 5.02. The van der Waals surface area contributed by atoms with E-state index in [0.29, 0.717) is 17.9 Å². The van der Waals surface area contributed by atoms with Crippen LogP contribution in [0.5, 0.6) is 5.75 Å². The summed E-state index contributed by atoms with van der Waals surface area (Å²) >= 11 is 0. The monoisotopic (exact) mass is 460 g/mol. The van der Waals surface area contributed by atoms with Gasteiger partial charge < -0.3 is 20.9 Å². The number of carbonyl (C=O) groups excluding carboxylic acids is 1. The molecule has 0 radical (unpaired) electrons. The Labute approximate surface area is 200 Å². The standard InChI is InChI=1S/C27H32N4O3/c1-15(29-23-18-9-7-6-8-17(18)13-20(23)32)16-10-11-21-19(12-16)24(27(4,5)34-21)31-22(33)14-26(2,3)30-25(31)28/h6-12,20,23-24,29,32H,1,13-14H2,2-5H3,(H2,28,30). The van der Waals surface area contributed by atoms with Crippen molar-refractivity contribution < 1.29 is 14.6 Å². The molecule has 1 amide bonds. The number of hydrogen-bond donors (Lipinski definition) is 3. The molecule has 7 nitrogen and oxygen atoms in total. The third kappa shape index (κ3) is 3.64. The normalized spacial score (nSPS) is 26.4. The van der Waals surface area contributed by atoms with Crippen LogP contribution >= 0.6 is 0 Å². The van der Waals surface area contributed by atoms with E-state index in [9.17, 15) is 9.90 Å². The molecule has 0 saturated heterocycles. The lowest BCUT2D eigenvalue weighted by atomic mass is 9.89. The molecule has 0 saturated carbocycles. The third-order valence-corrected chi connectivity index (χ3v) is 6.99. The van der Waals surface area contributed by atoms with Crippen LogP contribution in [0.2, 0.25) is 0 Å². The Hall–Kier alpha value is -3.32. The number of nitrogens with one attached hydrogen (secondary N) is 1. The topological polar surface area (TPSA) is 100 Å². The van der Waals surface area contributed by atoms with Gasteiger partial charge in [0.05, 0.1) is 24.1 Å². The maximum absolute atomic E-state index is 13.2. The average molecular weight is 461 g/mol. The van der Waals surface area contributed by atoms with Crippen LogP contribution in [0.25, 0.3) is 5.70 Å². The Balaban J connectivity index is 1.47. The average Bonchev–Trinajstić information content (AvgIpc) is 3.19. The number of nitrogens with zero attached hydrogens (tertiary/aromatic N) is 2. The van der Waals surface area contributed by atoms with Crippen molar-refractivity contribution in [1.29, 1.82) is 0 Å². The van der Waals surface area contributed by atoms with Crippen molar-refractivity contribution in [1.82, 2.24) is 10.2 Å². The van der Waals surface area contributed by atoms with Crippen LogP contribution in [0.4, 0.5) is 0 Å². The van der Waals surface area contributed by atoms with Crippen molar-refractivity contribution in [2.45, 2.75) is 69.9 Å². The maximum atomic E-state index is 13.2. The molecule has 2 heterocycles. The highest BCUT2D eigenvalue weighted by Gasteiger charge is 2.49. The van der Waals surface area contributed by atoms with E-state index in [4.69, 9.17) is 10.5 Å². The zero-order valence-electron chi connectivity index (χ0n) is 20.1. The Morgan fingerprint density at radius 3 is 2.68 bits per heavy atom. The molecule has 2 aromatic rings. The Morgan fingerprint density at radius 1 is 1.21 bits per heavy atom. The molecule has 2 aliphatic heterocycles. The van der Waals surface area contributed by atoms with Crippen molar-refractivity contribution in [2.75, 3.05) is 0 Å². The zero-order valence-corrected chi connectivity index (χ0v) is 20.1. The minimum absolute atomic E-state index is 0.0694. The summed E-state index contributed by atoms with van der Waals surface area (Å²) in [7, 11) is 0. The van der Waals surface area contributed by atoms with Gasteiger partial charge in [0.25, 0.3) is 0 Å². The van der Waals surface area contributed by atoms with Crippen molar-refractivity contribution in [3.05, 3.63) is 71.3 Å². The van der Waals surface area contributed by atoms with Gasteiger partial charge in [0.15, 0.2) is 5.96 Å². The number of fused-ring (bicyclic) bond motifs is 2. The minimum Gasteiger partial charge on any atom is -0.485 e. The van der Waals surface area contributed by atoms with E-state index in [-0.39, 0.29) is 24.3 Å². The number of carbonyl (C=O) groups is 1. The second kappa shape index (κ2) is 7.60. The van der Waals surface area contributed by atoms with Gasteiger partial charge in [-0.25, -0.2) is 4.99 Å². The number of aliphatic hydroxyl groups is 1. The fourth-order valence-electron chi connectivity index (χ4n) is 5.49. The molecule has 0 bridgehead atoms. The second-order valence-corrected chi connectivity index (χ2v) is 10.7. The molecule has 0 spiro atoms. The molecule has 3 atom stereocenters. The number of rotatable bonds is 4. The van der Waals surface area contributed by atoms with E-state index in [0.717, 1.165) is 22.3 Å². The lowest BCUT2D eigenvalue weighted by molar-refractivity contribution is -0.133. The molecule has 3 aliphatic rings. The molecular weight excluding hydrogens is 428 g/mol. The van der Waals surface area contributed by atoms with Gasteiger partial charge in [-0.15, -0.1) is 0 Å². The molecule has 3 unspecified atom stereocenters. The first-order valence-corrected chi connectivity index (χ1v) is 11.7. The summed E-state index contributed by atoms with van der Waals surface area (Å²) in [6, 6.07) is 13.3. The molecule has 7 heteroatoms. The van der Waals surface area contributed by atoms with Gasteiger partial charge in [-0.3, -0.25) is 9.69 Å². The second-order valence-electron chi connectivity index (χ2n) is 10.7. The molecule has 2 aromatic carbocycles. The number of hydrogen-bond acceptors (Lipinski definition) is 6. The summed E-state index contributed by atoms with van der Waals surface area (Å²) < 4.78 is 6.25. The highest BCUT2D eigenvalue weighted by atomic mass is 16.5. The first-order chi connectivity index (χ1) is 16.0. The summed E-state index contributed by atoms with van der Waals surface area (Å²) in [6.45, 7) is 12.0. The number of aliphatic hydroxyl groups excluding tert-OH is 1. The van der Waals surface area contributed by atoms with Crippen molar-refractivity contribution in [2.24, 2.45) is 10.7 Å². The van der Waals surface area contributed by atoms with Gasteiger partial charge in [-0.1, -0.05) is 30.8 Å². The summed E-state index contributed by atoms with van der Waals surface area (Å²) in [4.78, 5) is 19.3. The summed E-state index contributed by atoms with van der Waals surface area (Å²) in [5.41, 5.74) is 9.75. The third-order valence-electron chi connectivity index (χ3n) is 6.99. The van der Waals surface area contributed by atoms with Crippen molar-refractivity contribution in [3.8, 4) is 5.75 Å².